The van der Waals surface area contributed by atoms with Gasteiger partial charge in [-0.25, -0.2) is 9.78 Å². The number of ether oxygens (including phenoxy) is 1. The molecule has 4 aromatic rings. The van der Waals surface area contributed by atoms with Crippen molar-refractivity contribution in [3.63, 3.8) is 0 Å². The van der Waals surface area contributed by atoms with Crippen LogP contribution in [0, 0.1) is 0 Å². The van der Waals surface area contributed by atoms with Crippen LogP contribution >= 0.6 is 15.9 Å². The van der Waals surface area contributed by atoms with Crippen molar-refractivity contribution >= 4 is 32.9 Å². The summed E-state index contributed by atoms with van der Waals surface area (Å²) < 4.78 is 6.36. The summed E-state index contributed by atoms with van der Waals surface area (Å²) in [6.07, 6.45) is 0. The number of hydrogen-bond acceptors (Lipinski definition) is 4. The molecule has 0 aliphatic heterocycles. The minimum absolute atomic E-state index is 0.151. The number of nitrogens with zero attached hydrogens (tertiary/aromatic N) is 2. The third-order valence-corrected chi connectivity index (χ3v) is 4.82. The molecule has 0 aliphatic carbocycles. The van der Waals surface area contributed by atoms with E-state index in [9.17, 15) is 9.90 Å². The van der Waals surface area contributed by atoms with Gasteiger partial charge in [0.05, 0.1) is 28.9 Å². The van der Waals surface area contributed by atoms with Gasteiger partial charge >= 0.3 is 5.97 Å². The molecule has 0 amide bonds. The average Bonchev–Trinajstić information content (AvgIpc) is 3.12. The highest BCUT2D eigenvalue weighted by atomic mass is 79.9. The van der Waals surface area contributed by atoms with E-state index in [0.717, 1.165) is 21.3 Å². The van der Waals surface area contributed by atoms with E-state index in [4.69, 9.17) is 4.74 Å². The fourth-order valence-electron chi connectivity index (χ4n) is 3.08. The van der Waals surface area contributed by atoms with Gasteiger partial charge in [0.25, 0.3) is 0 Å². The van der Waals surface area contributed by atoms with Crippen LogP contribution in [0.5, 0.6) is 5.75 Å². The number of carboxylic acid groups (broad SMARTS) is 1. The summed E-state index contributed by atoms with van der Waals surface area (Å²) >= 11 is 3.43. The molecule has 0 atom stereocenters. The second-order valence-electron chi connectivity index (χ2n) is 6.13. The van der Waals surface area contributed by atoms with Gasteiger partial charge in [0.1, 0.15) is 5.75 Å². The SMILES string of the molecule is CCOc1ccc(-c2[nH]nc3nc(-c4cccc(Br)c4)cc(C(=O)O)c23)cc1. The van der Waals surface area contributed by atoms with Crippen LogP contribution in [0.15, 0.2) is 59.1 Å². The number of hydrogen-bond donors (Lipinski definition) is 2. The van der Waals surface area contributed by atoms with Crippen molar-refractivity contribution < 1.29 is 14.6 Å². The van der Waals surface area contributed by atoms with Crippen LogP contribution in [0.1, 0.15) is 17.3 Å². The van der Waals surface area contributed by atoms with E-state index in [1.165, 1.54) is 0 Å². The number of H-pyrrole nitrogens is 1. The second-order valence-corrected chi connectivity index (χ2v) is 7.04. The number of rotatable bonds is 5. The van der Waals surface area contributed by atoms with E-state index < -0.39 is 5.97 Å². The van der Waals surface area contributed by atoms with E-state index >= 15 is 0 Å². The molecule has 2 aromatic carbocycles. The van der Waals surface area contributed by atoms with Gasteiger partial charge < -0.3 is 9.84 Å². The molecular weight excluding hydrogens is 422 g/mol. The zero-order chi connectivity index (χ0) is 19.7. The van der Waals surface area contributed by atoms with Crippen molar-refractivity contribution in [3.8, 4) is 28.3 Å². The Morgan fingerprint density at radius 1 is 1.14 bits per heavy atom. The average molecular weight is 438 g/mol. The van der Waals surface area contributed by atoms with E-state index in [0.29, 0.717) is 29.0 Å². The lowest BCUT2D eigenvalue weighted by Crippen LogP contribution is -2.00. The van der Waals surface area contributed by atoms with Crippen molar-refractivity contribution in [1.82, 2.24) is 15.2 Å². The quantitative estimate of drug-likeness (QED) is 0.450. The van der Waals surface area contributed by atoms with Crippen molar-refractivity contribution in [2.75, 3.05) is 6.61 Å². The Bertz CT molecular complexity index is 1170. The highest BCUT2D eigenvalue weighted by Crippen LogP contribution is 2.32. The second kappa shape index (κ2) is 7.44. The highest BCUT2D eigenvalue weighted by molar-refractivity contribution is 9.10. The van der Waals surface area contributed by atoms with Gasteiger partial charge in [-0.1, -0.05) is 28.1 Å². The first-order valence-electron chi connectivity index (χ1n) is 8.68. The molecule has 0 aliphatic rings. The minimum Gasteiger partial charge on any atom is -0.494 e. The first-order valence-corrected chi connectivity index (χ1v) is 9.47. The zero-order valence-electron chi connectivity index (χ0n) is 14.9. The summed E-state index contributed by atoms with van der Waals surface area (Å²) in [5.74, 6) is -0.277. The van der Waals surface area contributed by atoms with Crippen molar-refractivity contribution in [2.24, 2.45) is 0 Å². The van der Waals surface area contributed by atoms with Gasteiger partial charge in [-0.3, -0.25) is 5.10 Å². The number of carboxylic acids is 1. The van der Waals surface area contributed by atoms with Crippen LogP contribution in [-0.4, -0.2) is 32.9 Å². The van der Waals surface area contributed by atoms with E-state index in [2.05, 4.69) is 31.1 Å². The Kier molecular flexibility index (Phi) is 4.83. The fourth-order valence-corrected chi connectivity index (χ4v) is 3.48. The molecule has 0 saturated carbocycles. The van der Waals surface area contributed by atoms with Crippen LogP contribution in [-0.2, 0) is 0 Å². The van der Waals surface area contributed by atoms with Crippen molar-refractivity contribution in [2.45, 2.75) is 6.92 Å². The van der Waals surface area contributed by atoms with Gasteiger partial charge in [0.15, 0.2) is 5.65 Å². The summed E-state index contributed by atoms with van der Waals surface area (Å²) in [7, 11) is 0. The normalized spacial score (nSPS) is 10.9. The Morgan fingerprint density at radius 2 is 1.93 bits per heavy atom. The lowest BCUT2D eigenvalue weighted by molar-refractivity contribution is 0.0699. The molecule has 0 bridgehead atoms. The molecular formula is C21H16BrN3O3. The van der Waals surface area contributed by atoms with Crippen LogP contribution < -0.4 is 4.74 Å². The molecule has 0 saturated heterocycles. The number of aromatic carboxylic acids is 1. The van der Waals surface area contributed by atoms with Crippen LogP contribution in [0.3, 0.4) is 0 Å². The Morgan fingerprint density at radius 3 is 2.61 bits per heavy atom. The standard InChI is InChI=1S/C21H16BrN3O3/c1-2-28-15-8-6-12(7-9-15)19-18-16(21(26)27)11-17(23-20(18)25-24-19)13-4-3-5-14(22)10-13/h3-11H,2H2,1H3,(H,26,27)(H,23,24,25). The molecule has 2 aromatic heterocycles. The van der Waals surface area contributed by atoms with Gasteiger partial charge in [-0.15, -0.1) is 0 Å². The number of halogens is 1. The van der Waals surface area contributed by atoms with Crippen molar-refractivity contribution in [1.29, 1.82) is 0 Å². The summed E-state index contributed by atoms with van der Waals surface area (Å²) in [5, 5.41) is 17.5. The van der Waals surface area contributed by atoms with E-state index in [-0.39, 0.29) is 5.56 Å². The number of fused-ring (bicyclic) bond motifs is 1. The number of pyridine rings is 1. The number of carbonyl (C=O) groups is 1. The number of aromatic nitrogens is 3. The number of aromatic amines is 1. The summed E-state index contributed by atoms with van der Waals surface area (Å²) in [6, 6.07) is 16.5. The molecule has 4 rings (SSSR count). The van der Waals surface area contributed by atoms with E-state index in [1.54, 1.807) is 6.07 Å². The molecule has 28 heavy (non-hydrogen) atoms. The minimum atomic E-state index is -1.03. The topological polar surface area (TPSA) is 88.1 Å². The molecule has 7 heteroatoms. The smallest absolute Gasteiger partial charge is 0.336 e. The van der Waals surface area contributed by atoms with Gasteiger partial charge in [-0.05, 0) is 49.4 Å². The van der Waals surface area contributed by atoms with Gasteiger partial charge in [-0.2, -0.15) is 5.10 Å². The van der Waals surface area contributed by atoms with E-state index in [1.807, 2.05) is 55.5 Å². The zero-order valence-corrected chi connectivity index (χ0v) is 16.5. The highest BCUT2D eigenvalue weighted by Gasteiger charge is 2.20. The molecule has 2 heterocycles. The van der Waals surface area contributed by atoms with Crippen LogP contribution in [0.2, 0.25) is 0 Å². The summed E-state index contributed by atoms with van der Waals surface area (Å²) in [4.78, 5) is 16.6. The molecule has 0 radical (unpaired) electrons. The molecule has 0 unspecified atom stereocenters. The maximum atomic E-state index is 12.0. The summed E-state index contributed by atoms with van der Waals surface area (Å²) in [6.45, 7) is 2.50. The van der Waals surface area contributed by atoms with Gasteiger partial charge in [0.2, 0.25) is 0 Å². The fraction of sp³-hybridized carbons (Fsp3) is 0.0952. The predicted molar refractivity (Wildman–Crippen MR) is 111 cm³/mol. The molecule has 0 fully saturated rings. The Balaban J connectivity index is 1.87. The molecule has 140 valence electrons. The lowest BCUT2D eigenvalue weighted by atomic mass is 10.0. The third kappa shape index (κ3) is 3.36. The molecule has 2 N–H and O–H groups in total. The monoisotopic (exact) mass is 437 g/mol. The molecule has 6 nitrogen and oxygen atoms in total. The predicted octanol–water partition coefficient (Wildman–Crippen LogP) is 5.15. The van der Waals surface area contributed by atoms with Crippen LogP contribution in [0.4, 0.5) is 0 Å². The first kappa shape index (κ1) is 18.2. The Labute approximate surface area is 169 Å². The number of nitrogens with one attached hydrogen (secondary N) is 1. The largest absolute Gasteiger partial charge is 0.494 e. The number of benzene rings is 2. The van der Waals surface area contributed by atoms with Crippen LogP contribution in [0.25, 0.3) is 33.5 Å². The third-order valence-electron chi connectivity index (χ3n) is 4.33. The van der Waals surface area contributed by atoms with Crippen molar-refractivity contribution in [3.05, 3.63) is 64.6 Å². The molecule has 0 spiro atoms. The van der Waals surface area contributed by atoms with Gasteiger partial charge in [0, 0.05) is 15.6 Å². The summed E-state index contributed by atoms with van der Waals surface area (Å²) in [5.41, 5.74) is 3.30. The Hall–Kier alpha value is -3.19. The maximum absolute atomic E-state index is 12.0. The lowest BCUT2D eigenvalue weighted by Gasteiger charge is -2.07. The first-order chi connectivity index (χ1) is 13.6. The maximum Gasteiger partial charge on any atom is 0.336 e.